The number of thioether (sulfide) groups is 1. The van der Waals surface area contributed by atoms with E-state index < -0.39 is 0 Å². The highest BCUT2D eigenvalue weighted by atomic mass is 127. The summed E-state index contributed by atoms with van der Waals surface area (Å²) in [6.45, 7) is 5.16. The van der Waals surface area contributed by atoms with Gasteiger partial charge in [0.05, 0.1) is 6.54 Å². The zero-order valence-corrected chi connectivity index (χ0v) is 16.1. The van der Waals surface area contributed by atoms with Crippen LogP contribution in [0.3, 0.4) is 0 Å². The van der Waals surface area contributed by atoms with Gasteiger partial charge in [0.15, 0.2) is 5.96 Å². The highest BCUT2D eigenvalue weighted by Crippen LogP contribution is 2.20. The molecular formula is C13H24IN5O2S. The molecule has 0 aromatic carbocycles. The minimum absolute atomic E-state index is 0. The predicted molar refractivity (Wildman–Crippen MR) is 100.0 cm³/mol. The van der Waals surface area contributed by atoms with Crippen LogP contribution in [0.2, 0.25) is 0 Å². The van der Waals surface area contributed by atoms with Crippen LogP contribution >= 0.6 is 35.7 Å². The van der Waals surface area contributed by atoms with Crippen molar-refractivity contribution in [2.75, 3.05) is 45.5 Å². The van der Waals surface area contributed by atoms with E-state index in [0.29, 0.717) is 18.3 Å². The number of amides is 3. The molecule has 0 saturated carbocycles. The number of aliphatic imine (C=N–C) groups is 1. The maximum atomic E-state index is 11.5. The monoisotopic (exact) mass is 441 g/mol. The van der Waals surface area contributed by atoms with Gasteiger partial charge in [0.1, 0.15) is 0 Å². The fraction of sp³-hybridized carbons (Fsp3) is 0.769. The fourth-order valence-electron chi connectivity index (χ4n) is 2.45. The van der Waals surface area contributed by atoms with Gasteiger partial charge in [-0.1, -0.05) is 6.92 Å². The molecule has 1 unspecified atom stereocenters. The lowest BCUT2D eigenvalue weighted by Gasteiger charge is -2.34. The highest BCUT2D eigenvalue weighted by molar-refractivity contribution is 14.0. The number of carbonyl (C=O) groups excluding carboxylic acids is 2. The van der Waals surface area contributed by atoms with Crippen molar-refractivity contribution in [2.24, 2.45) is 4.99 Å². The average molecular weight is 441 g/mol. The molecule has 9 heteroatoms. The van der Waals surface area contributed by atoms with E-state index in [4.69, 9.17) is 0 Å². The fourth-order valence-corrected chi connectivity index (χ4v) is 3.63. The molecule has 2 aliphatic heterocycles. The second-order valence-corrected chi connectivity index (χ2v) is 6.43. The summed E-state index contributed by atoms with van der Waals surface area (Å²) in [5, 5.41) is 6.40. The van der Waals surface area contributed by atoms with Crippen molar-refractivity contribution in [1.29, 1.82) is 0 Å². The summed E-state index contributed by atoms with van der Waals surface area (Å²) >= 11 is 2.01. The summed E-state index contributed by atoms with van der Waals surface area (Å²) in [7, 11) is 1.76. The molecule has 3 amide bonds. The smallest absolute Gasteiger partial charge is 0.324 e. The van der Waals surface area contributed by atoms with Crippen LogP contribution in [0.5, 0.6) is 0 Å². The summed E-state index contributed by atoms with van der Waals surface area (Å²) in [5.74, 6) is 1.78. The Bertz CT molecular complexity index is 419. The van der Waals surface area contributed by atoms with Gasteiger partial charge in [0.25, 0.3) is 0 Å². The molecule has 0 aromatic rings. The molecule has 2 rings (SSSR count). The lowest BCUT2D eigenvalue weighted by atomic mass is 10.3. The number of guanidine groups is 1. The zero-order valence-electron chi connectivity index (χ0n) is 13.0. The summed E-state index contributed by atoms with van der Waals surface area (Å²) < 4.78 is 0. The number of rotatable bonds is 4. The van der Waals surface area contributed by atoms with E-state index in [1.165, 1.54) is 4.90 Å². The Balaban J connectivity index is 0.00000242. The van der Waals surface area contributed by atoms with E-state index in [9.17, 15) is 9.59 Å². The van der Waals surface area contributed by atoms with Crippen LogP contribution in [-0.2, 0) is 4.79 Å². The van der Waals surface area contributed by atoms with E-state index >= 15 is 0 Å². The van der Waals surface area contributed by atoms with Crippen molar-refractivity contribution < 1.29 is 9.59 Å². The van der Waals surface area contributed by atoms with Crippen molar-refractivity contribution >= 4 is 53.6 Å². The van der Waals surface area contributed by atoms with Gasteiger partial charge in [0, 0.05) is 44.2 Å². The van der Waals surface area contributed by atoms with Crippen molar-refractivity contribution in [2.45, 2.75) is 18.6 Å². The molecule has 2 fully saturated rings. The highest BCUT2D eigenvalue weighted by Gasteiger charge is 2.28. The Kier molecular flexibility index (Phi) is 8.29. The zero-order chi connectivity index (χ0) is 15.2. The molecule has 7 nitrogen and oxygen atoms in total. The quantitative estimate of drug-likeness (QED) is 0.289. The van der Waals surface area contributed by atoms with E-state index in [-0.39, 0.29) is 42.5 Å². The Labute approximate surface area is 152 Å². The van der Waals surface area contributed by atoms with Gasteiger partial charge >= 0.3 is 6.03 Å². The minimum atomic E-state index is -0.308. The number of nitrogens with one attached hydrogen (secondary N) is 2. The standard InChI is InChI=1S/C13H23N5O2S.HI/c1-3-10-9-17(6-7-21-10)12(14-2)15-4-5-18-11(19)8-16-13(18)20;/h10H,3-9H2,1-2H3,(H,14,15)(H,16,20);1H. The third kappa shape index (κ3) is 4.90. The number of nitrogens with zero attached hydrogens (tertiary/aromatic N) is 3. The first-order valence-electron chi connectivity index (χ1n) is 7.31. The molecule has 22 heavy (non-hydrogen) atoms. The van der Waals surface area contributed by atoms with Crippen LogP contribution in [0.25, 0.3) is 0 Å². The minimum Gasteiger partial charge on any atom is -0.354 e. The first-order valence-corrected chi connectivity index (χ1v) is 8.36. The van der Waals surface area contributed by atoms with Gasteiger partial charge in [-0.15, -0.1) is 24.0 Å². The molecule has 0 aromatic heterocycles. The third-order valence-corrected chi connectivity index (χ3v) is 5.03. The second kappa shape index (κ2) is 9.43. The van der Waals surface area contributed by atoms with Gasteiger partial charge < -0.3 is 15.5 Å². The molecular weight excluding hydrogens is 417 g/mol. The van der Waals surface area contributed by atoms with Crippen molar-refractivity contribution in [1.82, 2.24) is 20.4 Å². The Morgan fingerprint density at radius 3 is 2.86 bits per heavy atom. The van der Waals surface area contributed by atoms with Gasteiger partial charge in [0.2, 0.25) is 5.91 Å². The van der Waals surface area contributed by atoms with Crippen molar-refractivity contribution in [3.8, 4) is 0 Å². The number of imide groups is 1. The Morgan fingerprint density at radius 2 is 2.27 bits per heavy atom. The van der Waals surface area contributed by atoms with Crippen LogP contribution < -0.4 is 10.6 Å². The second-order valence-electron chi connectivity index (χ2n) is 5.03. The van der Waals surface area contributed by atoms with Gasteiger partial charge in [-0.2, -0.15) is 11.8 Å². The Hall–Kier alpha value is -0.710. The van der Waals surface area contributed by atoms with Crippen LogP contribution in [0, 0.1) is 0 Å². The lowest BCUT2D eigenvalue weighted by molar-refractivity contribution is -0.124. The van der Waals surface area contributed by atoms with E-state index in [0.717, 1.165) is 31.2 Å². The molecule has 0 radical (unpaired) electrons. The van der Waals surface area contributed by atoms with Crippen molar-refractivity contribution in [3.05, 3.63) is 0 Å². The molecule has 2 heterocycles. The molecule has 0 bridgehead atoms. The number of hydrogen-bond acceptors (Lipinski definition) is 4. The summed E-state index contributed by atoms with van der Waals surface area (Å²) in [6.07, 6.45) is 1.15. The van der Waals surface area contributed by atoms with Gasteiger partial charge in [-0.3, -0.25) is 14.7 Å². The lowest BCUT2D eigenvalue weighted by Crippen LogP contribution is -2.49. The number of hydrogen-bond donors (Lipinski definition) is 2. The molecule has 2 aliphatic rings. The van der Waals surface area contributed by atoms with Crippen LogP contribution in [0.15, 0.2) is 4.99 Å². The Morgan fingerprint density at radius 1 is 1.50 bits per heavy atom. The number of halogens is 1. The van der Waals surface area contributed by atoms with Crippen molar-refractivity contribution in [3.63, 3.8) is 0 Å². The summed E-state index contributed by atoms with van der Waals surface area (Å²) in [6, 6.07) is -0.308. The normalized spacial score (nSPS) is 22.5. The first-order chi connectivity index (χ1) is 10.2. The largest absolute Gasteiger partial charge is 0.354 e. The molecule has 0 aliphatic carbocycles. The average Bonchev–Trinajstić information content (AvgIpc) is 2.83. The molecule has 126 valence electrons. The van der Waals surface area contributed by atoms with E-state index in [1.807, 2.05) is 11.8 Å². The molecule has 2 N–H and O–H groups in total. The summed E-state index contributed by atoms with van der Waals surface area (Å²) in [5.41, 5.74) is 0. The van der Waals surface area contributed by atoms with Crippen LogP contribution in [0.1, 0.15) is 13.3 Å². The topological polar surface area (TPSA) is 77.0 Å². The number of carbonyl (C=O) groups is 2. The van der Waals surface area contributed by atoms with E-state index in [1.54, 1.807) is 7.05 Å². The molecule has 2 saturated heterocycles. The third-order valence-electron chi connectivity index (χ3n) is 3.66. The van der Waals surface area contributed by atoms with E-state index in [2.05, 4.69) is 27.4 Å². The SMILES string of the molecule is CCC1CN(C(=NC)NCCN2C(=O)CNC2=O)CCS1.I. The molecule has 1 atom stereocenters. The van der Waals surface area contributed by atoms with Crippen LogP contribution in [-0.4, -0.2) is 78.5 Å². The van der Waals surface area contributed by atoms with Crippen LogP contribution in [0.4, 0.5) is 4.79 Å². The maximum Gasteiger partial charge on any atom is 0.324 e. The molecule has 0 spiro atoms. The number of urea groups is 1. The first kappa shape index (κ1) is 19.3. The maximum absolute atomic E-state index is 11.5. The van der Waals surface area contributed by atoms with Gasteiger partial charge in [-0.25, -0.2) is 4.79 Å². The van der Waals surface area contributed by atoms with Gasteiger partial charge in [-0.05, 0) is 6.42 Å². The summed E-state index contributed by atoms with van der Waals surface area (Å²) in [4.78, 5) is 30.7. The predicted octanol–water partition coefficient (Wildman–Crippen LogP) is 0.559.